The van der Waals surface area contributed by atoms with Crippen LogP contribution in [0.15, 0.2) is 36.4 Å². The van der Waals surface area contributed by atoms with Gasteiger partial charge in [0.2, 0.25) is 11.9 Å². The molecule has 158 valence electrons. The van der Waals surface area contributed by atoms with Gasteiger partial charge in [0.1, 0.15) is 5.41 Å². The van der Waals surface area contributed by atoms with Gasteiger partial charge in [-0.2, -0.15) is 5.26 Å². The number of carbonyl (C=O) groups is 1. The quantitative estimate of drug-likeness (QED) is 0.531. The zero-order valence-corrected chi connectivity index (χ0v) is 17.8. The molecule has 0 radical (unpaired) electrons. The van der Waals surface area contributed by atoms with E-state index in [1.807, 2.05) is 18.2 Å². The summed E-state index contributed by atoms with van der Waals surface area (Å²) < 4.78 is 0. The molecule has 8 heteroatoms. The molecule has 1 aromatic heterocycles. The third kappa shape index (κ3) is 3.91. The number of anilines is 3. The Balaban J connectivity index is 1.31. The van der Waals surface area contributed by atoms with Crippen molar-refractivity contribution < 1.29 is 4.79 Å². The smallest absolute Gasteiger partial charge is 0.240 e. The van der Waals surface area contributed by atoms with Gasteiger partial charge < -0.3 is 20.5 Å². The fourth-order valence-electron chi connectivity index (χ4n) is 4.00. The number of hydrogen-bond acceptors (Lipinski definition) is 5. The maximum Gasteiger partial charge on any atom is 0.240 e. The molecule has 2 heterocycles. The van der Waals surface area contributed by atoms with E-state index in [2.05, 4.69) is 43.7 Å². The molecule has 1 amide bonds. The van der Waals surface area contributed by atoms with Gasteiger partial charge in [-0.15, -0.1) is 0 Å². The minimum absolute atomic E-state index is 0.203. The van der Waals surface area contributed by atoms with Crippen LogP contribution in [0.4, 0.5) is 17.3 Å². The van der Waals surface area contributed by atoms with Crippen molar-refractivity contribution >= 4 is 45.9 Å². The summed E-state index contributed by atoms with van der Waals surface area (Å²) in [5.74, 6) is 0.406. The van der Waals surface area contributed by atoms with Crippen LogP contribution in [0.1, 0.15) is 31.2 Å². The van der Waals surface area contributed by atoms with Gasteiger partial charge in [-0.3, -0.25) is 4.79 Å². The summed E-state index contributed by atoms with van der Waals surface area (Å²) in [6.07, 6.45) is 3.74. The number of aromatic amines is 1. The molecule has 2 aromatic carbocycles. The number of amides is 1. The highest BCUT2D eigenvalue weighted by Crippen LogP contribution is 2.45. The third-order valence-corrected chi connectivity index (χ3v) is 6.40. The Bertz CT molecular complexity index is 1190. The first-order valence-corrected chi connectivity index (χ1v) is 10.9. The van der Waals surface area contributed by atoms with Crippen LogP contribution < -0.4 is 15.5 Å². The Morgan fingerprint density at radius 2 is 2.03 bits per heavy atom. The first-order valence-electron chi connectivity index (χ1n) is 10.6. The number of nitriles is 1. The molecule has 0 unspecified atom stereocenters. The molecule has 0 bridgehead atoms. The lowest BCUT2D eigenvalue weighted by atomic mass is 10.1. The molecule has 2 fully saturated rings. The van der Waals surface area contributed by atoms with E-state index >= 15 is 0 Å². The van der Waals surface area contributed by atoms with Crippen molar-refractivity contribution in [2.24, 2.45) is 5.41 Å². The number of nitrogens with one attached hydrogen (secondary N) is 3. The van der Waals surface area contributed by atoms with Crippen molar-refractivity contribution in [3.8, 4) is 6.07 Å². The first-order chi connectivity index (χ1) is 15.1. The van der Waals surface area contributed by atoms with Crippen LogP contribution in [0.2, 0.25) is 5.02 Å². The summed E-state index contributed by atoms with van der Waals surface area (Å²) in [5.41, 5.74) is 3.83. The van der Waals surface area contributed by atoms with Gasteiger partial charge in [0.15, 0.2) is 0 Å². The van der Waals surface area contributed by atoms with Crippen molar-refractivity contribution in [2.45, 2.75) is 32.2 Å². The number of nitrogens with zero attached hydrogens (tertiary/aromatic N) is 3. The van der Waals surface area contributed by atoms with Gasteiger partial charge in [0.25, 0.3) is 0 Å². The highest BCUT2D eigenvalue weighted by atomic mass is 35.5. The molecular weight excluding hydrogens is 412 g/mol. The summed E-state index contributed by atoms with van der Waals surface area (Å²) in [6, 6.07) is 13.9. The van der Waals surface area contributed by atoms with Gasteiger partial charge >= 0.3 is 0 Å². The molecule has 0 spiro atoms. The Hall–Kier alpha value is -3.24. The molecule has 2 aliphatic rings. The van der Waals surface area contributed by atoms with E-state index in [0.29, 0.717) is 36.0 Å². The maximum absolute atomic E-state index is 12.2. The minimum Gasteiger partial charge on any atom is -0.371 e. The monoisotopic (exact) mass is 434 g/mol. The Kier molecular flexibility index (Phi) is 4.95. The SMILES string of the molecule is N#CC1(C(=O)NCc2ccc(Cl)c(Nc3nc4ccc(N5CCCC5)cc4[nH]3)c2)CC1. The lowest BCUT2D eigenvalue weighted by Crippen LogP contribution is -2.30. The molecule has 3 N–H and O–H groups in total. The second kappa shape index (κ2) is 7.78. The number of aromatic nitrogens is 2. The number of fused-ring (bicyclic) bond motifs is 1. The second-order valence-electron chi connectivity index (χ2n) is 8.30. The number of carbonyl (C=O) groups excluding carboxylic acids is 1. The zero-order chi connectivity index (χ0) is 21.4. The zero-order valence-electron chi connectivity index (χ0n) is 17.0. The lowest BCUT2D eigenvalue weighted by Gasteiger charge is -2.17. The van der Waals surface area contributed by atoms with Crippen LogP contribution in [0.5, 0.6) is 0 Å². The third-order valence-electron chi connectivity index (χ3n) is 6.07. The number of benzene rings is 2. The lowest BCUT2D eigenvalue weighted by molar-refractivity contribution is -0.124. The Morgan fingerprint density at radius 1 is 1.23 bits per heavy atom. The molecule has 1 saturated carbocycles. The van der Waals surface area contributed by atoms with Crippen LogP contribution in [-0.2, 0) is 11.3 Å². The van der Waals surface area contributed by atoms with E-state index in [9.17, 15) is 4.79 Å². The molecule has 5 rings (SSSR count). The predicted molar refractivity (Wildman–Crippen MR) is 121 cm³/mol. The topological polar surface area (TPSA) is 96.8 Å². The number of hydrogen-bond donors (Lipinski definition) is 3. The van der Waals surface area contributed by atoms with E-state index in [0.717, 1.165) is 29.7 Å². The maximum atomic E-state index is 12.2. The van der Waals surface area contributed by atoms with Crippen molar-refractivity contribution in [3.63, 3.8) is 0 Å². The predicted octanol–water partition coefficient (Wildman–Crippen LogP) is 4.48. The van der Waals surface area contributed by atoms with E-state index in [4.69, 9.17) is 16.9 Å². The van der Waals surface area contributed by atoms with Gasteiger partial charge in [0.05, 0.1) is 27.8 Å². The Morgan fingerprint density at radius 3 is 2.77 bits per heavy atom. The molecule has 7 nitrogen and oxygen atoms in total. The van der Waals surface area contributed by atoms with E-state index < -0.39 is 5.41 Å². The van der Waals surface area contributed by atoms with Crippen molar-refractivity contribution in [2.75, 3.05) is 23.3 Å². The fourth-order valence-corrected chi connectivity index (χ4v) is 4.17. The molecule has 3 aromatic rings. The standard InChI is InChI=1S/C23H23ClN6O/c24-17-5-3-15(13-26-21(31)23(14-25)7-8-23)11-19(17)28-22-27-18-6-4-16(12-20(18)29-22)30-9-1-2-10-30/h3-6,11-12H,1-2,7-10,13H2,(H,26,31)(H2,27,28,29). The van der Waals surface area contributed by atoms with Gasteiger partial charge in [-0.1, -0.05) is 17.7 Å². The first kappa shape index (κ1) is 19.7. The molecule has 0 atom stereocenters. The van der Waals surface area contributed by atoms with E-state index in [1.54, 1.807) is 6.07 Å². The largest absolute Gasteiger partial charge is 0.371 e. The summed E-state index contributed by atoms with van der Waals surface area (Å²) >= 11 is 6.38. The fraction of sp³-hybridized carbons (Fsp3) is 0.348. The molecule has 1 aliphatic carbocycles. The normalized spacial score (nSPS) is 16.8. The van der Waals surface area contributed by atoms with Crippen molar-refractivity contribution in [1.82, 2.24) is 15.3 Å². The molecule has 1 saturated heterocycles. The molecule has 31 heavy (non-hydrogen) atoms. The molecule has 1 aliphatic heterocycles. The van der Waals surface area contributed by atoms with Crippen LogP contribution >= 0.6 is 11.6 Å². The van der Waals surface area contributed by atoms with Gasteiger partial charge in [0, 0.05) is 25.3 Å². The van der Waals surface area contributed by atoms with Crippen LogP contribution in [0.25, 0.3) is 11.0 Å². The Labute approximate surface area is 185 Å². The minimum atomic E-state index is -0.824. The summed E-state index contributed by atoms with van der Waals surface area (Å²) in [6.45, 7) is 2.53. The molecular formula is C23H23ClN6O. The summed E-state index contributed by atoms with van der Waals surface area (Å²) in [4.78, 5) is 22.5. The average molecular weight is 435 g/mol. The number of halogens is 1. The van der Waals surface area contributed by atoms with E-state index in [-0.39, 0.29) is 5.91 Å². The van der Waals surface area contributed by atoms with Crippen molar-refractivity contribution in [3.05, 3.63) is 47.0 Å². The van der Waals surface area contributed by atoms with Crippen LogP contribution in [-0.4, -0.2) is 29.0 Å². The number of H-pyrrole nitrogens is 1. The van der Waals surface area contributed by atoms with Gasteiger partial charge in [-0.05, 0) is 61.6 Å². The van der Waals surface area contributed by atoms with Crippen molar-refractivity contribution in [1.29, 1.82) is 5.26 Å². The average Bonchev–Trinajstić information content (AvgIpc) is 3.19. The number of rotatable bonds is 6. The highest BCUT2D eigenvalue weighted by Gasteiger charge is 2.50. The van der Waals surface area contributed by atoms with Crippen LogP contribution in [0.3, 0.4) is 0 Å². The van der Waals surface area contributed by atoms with E-state index in [1.165, 1.54) is 18.5 Å². The number of imidazole rings is 1. The highest BCUT2D eigenvalue weighted by molar-refractivity contribution is 6.33. The van der Waals surface area contributed by atoms with Crippen LogP contribution in [0, 0.1) is 16.7 Å². The van der Waals surface area contributed by atoms with Gasteiger partial charge in [-0.25, -0.2) is 4.98 Å². The summed E-state index contributed by atoms with van der Waals surface area (Å²) in [7, 11) is 0. The second-order valence-corrected chi connectivity index (χ2v) is 8.70. The summed E-state index contributed by atoms with van der Waals surface area (Å²) in [5, 5.41) is 15.8.